The van der Waals surface area contributed by atoms with Gasteiger partial charge in [-0.15, -0.1) is 0 Å². The molecule has 0 aromatic heterocycles. The topological polar surface area (TPSA) is 37.3 Å². The van der Waals surface area contributed by atoms with Gasteiger partial charge in [-0.3, -0.25) is 4.79 Å². The number of aliphatic carboxylic acids is 1. The first-order chi connectivity index (χ1) is 8.99. The van der Waals surface area contributed by atoms with Gasteiger partial charge < -0.3 is 5.11 Å². The van der Waals surface area contributed by atoms with Crippen LogP contribution in [0.2, 0.25) is 0 Å². The predicted octanol–water partition coefficient (Wildman–Crippen LogP) is 4.05. The van der Waals surface area contributed by atoms with Crippen LogP contribution in [0, 0.1) is 32.6 Å². The van der Waals surface area contributed by atoms with Crippen molar-refractivity contribution >= 4 is 5.97 Å². The van der Waals surface area contributed by atoms with Crippen molar-refractivity contribution < 1.29 is 9.90 Å². The molecule has 1 fully saturated rings. The molecule has 2 nitrogen and oxygen atoms in total. The van der Waals surface area contributed by atoms with Gasteiger partial charge in [0.2, 0.25) is 0 Å². The van der Waals surface area contributed by atoms with Crippen LogP contribution < -0.4 is 0 Å². The van der Waals surface area contributed by atoms with E-state index < -0.39 is 5.97 Å². The third-order valence-electron chi connectivity index (χ3n) is 4.55. The van der Waals surface area contributed by atoms with Crippen LogP contribution in [0.25, 0.3) is 0 Å². The Hall–Kier alpha value is -1.31. The quantitative estimate of drug-likeness (QED) is 0.887. The number of benzene rings is 1. The van der Waals surface area contributed by atoms with Crippen LogP contribution in [-0.4, -0.2) is 11.1 Å². The van der Waals surface area contributed by atoms with E-state index in [0.717, 1.165) is 12.8 Å². The smallest absolute Gasteiger partial charge is 0.307 e. The molecule has 104 valence electrons. The summed E-state index contributed by atoms with van der Waals surface area (Å²) >= 11 is 0. The van der Waals surface area contributed by atoms with Crippen molar-refractivity contribution in [1.82, 2.24) is 0 Å². The first-order valence-electron chi connectivity index (χ1n) is 7.28. The molecule has 19 heavy (non-hydrogen) atoms. The summed E-state index contributed by atoms with van der Waals surface area (Å²) < 4.78 is 0. The zero-order valence-corrected chi connectivity index (χ0v) is 12.2. The van der Waals surface area contributed by atoms with E-state index in [1.807, 2.05) is 0 Å². The van der Waals surface area contributed by atoms with Crippen LogP contribution in [0.15, 0.2) is 12.1 Å². The third-order valence-corrected chi connectivity index (χ3v) is 4.55. The standard InChI is InChI=1S/C17H24O2/c1-11-8-12(2)15(13(3)9-11)10-16(17(18)19)14-6-4-5-7-14/h8-9,14,16H,4-7,10H2,1-3H3,(H,18,19). The molecule has 1 aromatic rings. The fraction of sp³-hybridized carbons (Fsp3) is 0.588. The van der Waals surface area contributed by atoms with E-state index in [9.17, 15) is 9.90 Å². The zero-order chi connectivity index (χ0) is 14.0. The van der Waals surface area contributed by atoms with Crippen molar-refractivity contribution in [3.05, 3.63) is 34.4 Å². The predicted molar refractivity (Wildman–Crippen MR) is 77.4 cm³/mol. The average molecular weight is 260 g/mol. The van der Waals surface area contributed by atoms with Gasteiger partial charge in [-0.05, 0) is 62.6 Å². The van der Waals surface area contributed by atoms with Gasteiger partial charge in [0.05, 0.1) is 5.92 Å². The minimum atomic E-state index is -0.619. The molecule has 0 saturated heterocycles. The fourth-order valence-electron chi connectivity index (χ4n) is 3.57. The van der Waals surface area contributed by atoms with Crippen molar-refractivity contribution in [2.75, 3.05) is 0 Å². The average Bonchev–Trinajstić information content (AvgIpc) is 2.80. The van der Waals surface area contributed by atoms with Crippen molar-refractivity contribution in [2.24, 2.45) is 11.8 Å². The molecule has 2 rings (SSSR count). The van der Waals surface area contributed by atoms with Gasteiger partial charge in [-0.2, -0.15) is 0 Å². The highest BCUT2D eigenvalue weighted by atomic mass is 16.4. The number of aryl methyl sites for hydroxylation is 3. The molecule has 1 unspecified atom stereocenters. The summed E-state index contributed by atoms with van der Waals surface area (Å²) in [6, 6.07) is 4.33. The van der Waals surface area contributed by atoms with E-state index in [1.54, 1.807) is 0 Å². The lowest BCUT2D eigenvalue weighted by Crippen LogP contribution is -2.24. The van der Waals surface area contributed by atoms with E-state index in [0.29, 0.717) is 12.3 Å². The number of rotatable bonds is 4. The third kappa shape index (κ3) is 3.17. The Bertz CT molecular complexity index is 447. The second kappa shape index (κ2) is 5.77. The highest BCUT2D eigenvalue weighted by Gasteiger charge is 2.31. The largest absolute Gasteiger partial charge is 0.481 e. The Kier molecular flexibility index (Phi) is 4.28. The van der Waals surface area contributed by atoms with Gasteiger partial charge in [-0.1, -0.05) is 30.5 Å². The Morgan fingerprint density at radius 1 is 1.21 bits per heavy atom. The molecule has 1 aliphatic carbocycles. The number of hydrogen-bond acceptors (Lipinski definition) is 1. The van der Waals surface area contributed by atoms with Crippen molar-refractivity contribution in [3.8, 4) is 0 Å². The van der Waals surface area contributed by atoms with E-state index in [1.165, 1.54) is 35.1 Å². The zero-order valence-electron chi connectivity index (χ0n) is 12.2. The van der Waals surface area contributed by atoms with E-state index in [4.69, 9.17) is 0 Å². The molecule has 1 atom stereocenters. The lowest BCUT2D eigenvalue weighted by atomic mass is 9.83. The molecule has 0 spiro atoms. The van der Waals surface area contributed by atoms with E-state index in [2.05, 4.69) is 32.9 Å². The fourth-order valence-corrected chi connectivity index (χ4v) is 3.57. The second-order valence-electron chi connectivity index (χ2n) is 6.07. The lowest BCUT2D eigenvalue weighted by Gasteiger charge is -2.21. The highest BCUT2D eigenvalue weighted by molar-refractivity contribution is 5.71. The minimum absolute atomic E-state index is 0.206. The summed E-state index contributed by atoms with van der Waals surface area (Å²) in [6.45, 7) is 6.29. The van der Waals surface area contributed by atoms with E-state index in [-0.39, 0.29) is 5.92 Å². The first kappa shape index (κ1) is 14.1. The van der Waals surface area contributed by atoms with E-state index >= 15 is 0 Å². The second-order valence-corrected chi connectivity index (χ2v) is 6.07. The van der Waals surface area contributed by atoms with Gasteiger partial charge in [-0.25, -0.2) is 0 Å². The molecule has 0 bridgehead atoms. The summed E-state index contributed by atoms with van der Waals surface area (Å²) in [5, 5.41) is 9.53. The van der Waals surface area contributed by atoms with Crippen molar-refractivity contribution in [2.45, 2.75) is 52.9 Å². The van der Waals surface area contributed by atoms with Gasteiger partial charge in [0.15, 0.2) is 0 Å². The normalized spacial score (nSPS) is 17.6. The maximum Gasteiger partial charge on any atom is 0.307 e. The molecule has 1 aromatic carbocycles. The van der Waals surface area contributed by atoms with Crippen molar-refractivity contribution in [1.29, 1.82) is 0 Å². The van der Waals surface area contributed by atoms with Crippen LogP contribution in [0.1, 0.15) is 47.9 Å². The Morgan fingerprint density at radius 3 is 2.21 bits per heavy atom. The molecule has 0 heterocycles. The van der Waals surface area contributed by atoms with Crippen LogP contribution in [0.3, 0.4) is 0 Å². The molecule has 1 saturated carbocycles. The number of carboxylic acids is 1. The Morgan fingerprint density at radius 2 is 1.74 bits per heavy atom. The van der Waals surface area contributed by atoms with Gasteiger partial charge in [0.1, 0.15) is 0 Å². The molecule has 1 aliphatic rings. The highest BCUT2D eigenvalue weighted by Crippen LogP contribution is 2.34. The van der Waals surface area contributed by atoms with Gasteiger partial charge >= 0.3 is 5.97 Å². The Balaban J connectivity index is 2.24. The molecule has 0 amide bonds. The molecular weight excluding hydrogens is 236 g/mol. The first-order valence-corrected chi connectivity index (χ1v) is 7.28. The molecule has 0 aliphatic heterocycles. The van der Waals surface area contributed by atoms with Gasteiger partial charge in [0.25, 0.3) is 0 Å². The number of hydrogen-bond donors (Lipinski definition) is 1. The molecule has 0 radical (unpaired) electrons. The van der Waals surface area contributed by atoms with Gasteiger partial charge in [0, 0.05) is 0 Å². The molecule has 2 heteroatoms. The molecular formula is C17H24O2. The van der Waals surface area contributed by atoms with Crippen LogP contribution in [0.4, 0.5) is 0 Å². The summed E-state index contributed by atoms with van der Waals surface area (Å²) in [4.78, 5) is 11.6. The minimum Gasteiger partial charge on any atom is -0.481 e. The summed E-state index contributed by atoms with van der Waals surface area (Å²) in [5.74, 6) is -0.452. The monoisotopic (exact) mass is 260 g/mol. The maximum atomic E-state index is 11.6. The summed E-state index contributed by atoms with van der Waals surface area (Å²) in [6.07, 6.45) is 5.25. The molecule has 1 N–H and O–H groups in total. The number of carbonyl (C=O) groups is 1. The van der Waals surface area contributed by atoms with Crippen LogP contribution >= 0.6 is 0 Å². The lowest BCUT2D eigenvalue weighted by molar-refractivity contribution is -0.143. The summed E-state index contributed by atoms with van der Waals surface area (Å²) in [7, 11) is 0. The SMILES string of the molecule is Cc1cc(C)c(CC(C(=O)O)C2CCCC2)c(C)c1. The maximum absolute atomic E-state index is 11.6. The van der Waals surface area contributed by atoms with Crippen molar-refractivity contribution in [3.63, 3.8) is 0 Å². The number of carboxylic acid groups (broad SMARTS) is 1. The van der Waals surface area contributed by atoms with Crippen LogP contribution in [0.5, 0.6) is 0 Å². The Labute approximate surface area is 115 Å². The summed E-state index contributed by atoms with van der Waals surface area (Å²) in [5.41, 5.74) is 4.97. The van der Waals surface area contributed by atoms with Crippen LogP contribution in [-0.2, 0) is 11.2 Å².